The van der Waals surface area contributed by atoms with Crippen molar-refractivity contribution in [2.24, 2.45) is 0 Å². The van der Waals surface area contributed by atoms with Crippen LogP contribution in [-0.2, 0) is 0 Å². The van der Waals surface area contributed by atoms with E-state index in [1.807, 2.05) is 0 Å². The van der Waals surface area contributed by atoms with Crippen molar-refractivity contribution >= 4 is 0 Å². The van der Waals surface area contributed by atoms with E-state index in [-0.39, 0.29) is 0 Å². The summed E-state index contributed by atoms with van der Waals surface area (Å²) in [6.07, 6.45) is 5.52. The predicted molar refractivity (Wildman–Crippen MR) is 68.8 cm³/mol. The topological polar surface area (TPSA) is 18.5 Å². The summed E-state index contributed by atoms with van der Waals surface area (Å²) in [4.78, 5) is 5.04. The SMILES string of the molecule is CC(CNC1CC1)N1CCCC(N(C)C)C1. The van der Waals surface area contributed by atoms with Crippen molar-refractivity contribution in [1.82, 2.24) is 15.1 Å². The number of likely N-dealkylation sites (tertiary alicyclic amines) is 1. The van der Waals surface area contributed by atoms with Crippen LogP contribution in [0.15, 0.2) is 0 Å². The number of nitrogens with zero attached hydrogens (tertiary/aromatic N) is 2. The molecule has 1 aliphatic carbocycles. The van der Waals surface area contributed by atoms with Gasteiger partial charge in [-0.2, -0.15) is 0 Å². The maximum absolute atomic E-state index is 3.64. The zero-order valence-corrected chi connectivity index (χ0v) is 11.1. The Morgan fingerprint density at radius 1 is 1.31 bits per heavy atom. The summed E-state index contributed by atoms with van der Waals surface area (Å²) in [5, 5.41) is 3.64. The van der Waals surface area contributed by atoms with Crippen LogP contribution >= 0.6 is 0 Å². The van der Waals surface area contributed by atoms with Crippen molar-refractivity contribution in [3.63, 3.8) is 0 Å². The first kappa shape index (κ1) is 12.3. The second kappa shape index (κ2) is 5.48. The van der Waals surface area contributed by atoms with Crippen LogP contribution in [0, 0.1) is 0 Å². The van der Waals surface area contributed by atoms with Gasteiger partial charge in [0.15, 0.2) is 0 Å². The molecule has 0 amide bonds. The third-order valence-corrected chi connectivity index (χ3v) is 4.06. The summed E-state index contributed by atoms with van der Waals surface area (Å²) in [5.74, 6) is 0. The molecule has 2 aliphatic rings. The van der Waals surface area contributed by atoms with E-state index in [0.717, 1.165) is 12.1 Å². The van der Waals surface area contributed by atoms with E-state index in [9.17, 15) is 0 Å². The van der Waals surface area contributed by atoms with Gasteiger partial charge in [0.05, 0.1) is 0 Å². The van der Waals surface area contributed by atoms with Crippen molar-refractivity contribution in [2.75, 3.05) is 33.7 Å². The summed E-state index contributed by atoms with van der Waals surface area (Å²) < 4.78 is 0. The smallest absolute Gasteiger partial charge is 0.0217 e. The van der Waals surface area contributed by atoms with Crippen LogP contribution in [0.3, 0.4) is 0 Å². The molecule has 16 heavy (non-hydrogen) atoms. The molecule has 0 spiro atoms. The lowest BCUT2D eigenvalue weighted by molar-refractivity contribution is 0.102. The van der Waals surface area contributed by atoms with Crippen LogP contribution in [0.5, 0.6) is 0 Å². The highest BCUT2D eigenvalue weighted by Crippen LogP contribution is 2.20. The molecule has 94 valence electrons. The number of nitrogens with one attached hydrogen (secondary N) is 1. The Hall–Kier alpha value is -0.120. The zero-order valence-electron chi connectivity index (χ0n) is 11.1. The highest BCUT2D eigenvalue weighted by molar-refractivity contribution is 4.85. The highest BCUT2D eigenvalue weighted by Gasteiger charge is 2.26. The third-order valence-electron chi connectivity index (χ3n) is 4.06. The van der Waals surface area contributed by atoms with E-state index in [1.165, 1.54) is 45.3 Å². The number of piperidine rings is 1. The maximum Gasteiger partial charge on any atom is 0.0217 e. The van der Waals surface area contributed by atoms with Gasteiger partial charge in [-0.3, -0.25) is 4.90 Å². The Kier molecular flexibility index (Phi) is 4.22. The second-order valence-electron chi connectivity index (χ2n) is 5.79. The number of rotatable bonds is 5. The van der Waals surface area contributed by atoms with Gasteiger partial charge in [-0.1, -0.05) is 0 Å². The van der Waals surface area contributed by atoms with Crippen molar-refractivity contribution in [3.05, 3.63) is 0 Å². The molecule has 1 saturated carbocycles. The van der Waals surface area contributed by atoms with E-state index >= 15 is 0 Å². The minimum absolute atomic E-state index is 0.698. The third kappa shape index (κ3) is 3.44. The lowest BCUT2D eigenvalue weighted by Gasteiger charge is -2.39. The molecule has 0 bridgehead atoms. The molecule has 1 aliphatic heterocycles. The van der Waals surface area contributed by atoms with Gasteiger partial charge in [0.1, 0.15) is 0 Å². The average Bonchev–Trinajstić information content (AvgIpc) is 3.10. The summed E-state index contributed by atoms with van der Waals surface area (Å²) >= 11 is 0. The molecule has 3 heteroatoms. The van der Waals surface area contributed by atoms with Crippen LogP contribution < -0.4 is 5.32 Å². The lowest BCUT2D eigenvalue weighted by atomic mass is 10.0. The average molecular weight is 225 g/mol. The number of hydrogen-bond donors (Lipinski definition) is 1. The van der Waals surface area contributed by atoms with Crippen LogP contribution in [-0.4, -0.2) is 61.7 Å². The molecule has 1 heterocycles. The zero-order chi connectivity index (χ0) is 11.5. The van der Waals surface area contributed by atoms with Gasteiger partial charge in [-0.25, -0.2) is 0 Å². The molecule has 0 radical (unpaired) electrons. The highest BCUT2D eigenvalue weighted by atomic mass is 15.2. The molecule has 0 aromatic carbocycles. The predicted octanol–water partition coefficient (Wildman–Crippen LogP) is 1.15. The first-order valence-corrected chi connectivity index (χ1v) is 6.80. The molecule has 0 aromatic rings. The normalized spacial score (nSPS) is 29.6. The molecule has 2 unspecified atom stereocenters. The van der Waals surface area contributed by atoms with Crippen molar-refractivity contribution in [1.29, 1.82) is 0 Å². The largest absolute Gasteiger partial charge is 0.312 e. The maximum atomic E-state index is 3.64. The van der Waals surface area contributed by atoms with Crippen molar-refractivity contribution in [2.45, 2.75) is 50.7 Å². The van der Waals surface area contributed by atoms with Gasteiger partial charge >= 0.3 is 0 Å². The van der Waals surface area contributed by atoms with E-state index in [1.54, 1.807) is 0 Å². The van der Waals surface area contributed by atoms with Crippen LogP contribution in [0.2, 0.25) is 0 Å². The minimum atomic E-state index is 0.698. The minimum Gasteiger partial charge on any atom is -0.312 e. The molecular weight excluding hydrogens is 198 g/mol. The van der Waals surface area contributed by atoms with Gasteiger partial charge in [-0.15, -0.1) is 0 Å². The summed E-state index contributed by atoms with van der Waals surface area (Å²) in [6, 6.07) is 2.30. The molecule has 3 nitrogen and oxygen atoms in total. The Labute approximate surface area is 100 Å². The van der Waals surface area contributed by atoms with Crippen LogP contribution in [0.4, 0.5) is 0 Å². The van der Waals surface area contributed by atoms with Crippen LogP contribution in [0.1, 0.15) is 32.6 Å². The van der Waals surface area contributed by atoms with Gasteiger partial charge in [0.25, 0.3) is 0 Å². The molecule has 2 atom stereocenters. The number of likely N-dealkylation sites (N-methyl/N-ethyl adjacent to an activating group) is 1. The van der Waals surface area contributed by atoms with E-state index < -0.39 is 0 Å². The Morgan fingerprint density at radius 2 is 2.06 bits per heavy atom. The Balaban J connectivity index is 1.73. The molecule has 2 fully saturated rings. The van der Waals surface area contributed by atoms with E-state index in [2.05, 4.69) is 36.1 Å². The van der Waals surface area contributed by atoms with Gasteiger partial charge in [0, 0.05) is 31.2 Å². The fourth-order valence-electron chi connectivity index (χ4n) is 2.56. The van der Waals surface area contributed by atoms with Gasteiger partial charge in [-0.05, 0) is 53.2 Å². The first-order chi connectivity index (χ1) is 7.66. The van der Waals surface area contributed by atoms with Gasteiger partial charge < -0.3 is 10.2 Å². The molecule has 2 rings (SSSR count). The van der Waals surface area contributed by atoms with Crippen LogP contribution in [0.25, 0.3) is 0 Å². The molecular formula is C13H27N3. The van der Waals surface area contributed by atoms with Crippen molar-refractivity contribution in [3.8, 4) is 0 Å². The molecule has 1 saturated heterocycles. The Morgan fingerprint density at radius 3 is 2.69 bits per heavy atom. The Bertz CT molecular complexity index is 213. The second-order valence-corrected chi connectivity index (χ2v) is 5.79. The molecule has 0 aromatic heterocycles. The fourth-order valence-corrected chi connectivity index (χ4v) is 2.56. The monoisotopic (exact) mass is 225 g/mol. The van der Waals surface area contributed by atoms with E-state index in [4.69, 9.17) is 0 Å². The summed E-state index contributed by atoms with van der Waals surface area (Å²) in [6.45, 7) is 6.08. The quantitative estimate of drug-likeness (QED) is 0.757. The first-order valence-electron chi connectivity index (χ1n) is 6.80. The summed E-state index contributed by atoms with van der Waals surface area (Å²) in [5.41, 5.74) is 0. The molecule has 1 N–H and O–H groups in total. The van der Waals surface area contributed by atoms with Gasteiger partial charge in [0.2, 0.25) is 0 Å². The number of hydrogen-bond acceptors (Lipinski definition) is 3. The van der Waals surface area contributed by atoms with E-state index in [0.29, 0.717) is 6.04 Å². The van der Waals surface area contributed by atoms with Crippen molar-refractivity contribution < 1.29 is 0 Å². The summed E-state index contributed by atoms with van der Waals surface area (Å²) in [7, 11) is 4.42. The standard InChI is InChI=1S/C13H27N3/c1-11(9-14-12-6-7-12)16-8-4-5-13(10-16)15(2)3/h11-14H,4-10H2,1-3H3. The lowest BCUT2D eigenvalue weighted by Crippen LogP contribution is -2.51. The fraction of sp³-hybridized carbons (Fsp3) is 1.00.